The Morgan fingerprint density at radius 2 is 1.77 bits per heavy atom. The number of hydrogen-bond donors (Lipinski definition) is 2. The van der Waals surface area contributed by atoms with Crippen molar-refractivity contribution >= 4 is 5.97 Å². The van der Waals surface area contributed by atoms with Crippen LogP contribution < -0.4 is 5.73 Å². The van der Waals surface area contributed by atoms with Gasteiger partial charge in [-0.25, -0.2) is 0 Å². The summed E-state index contributed by atoms with van der Waals surface area (Å²) in [5, 5.41) is 7.87. The molecule has 13 heavy (non-hydrogen) atoms. The van der Waals surface area contributed by atoms with Gasteiger partial charge in [-0.3, -0.25) is 4.79 Å². The lowest BCUT2D eigenvalue weighted by molar-refractivity contribution is -0.138. The zero-order valence-electron chi connectivity index (χ0n) is 7.90. The highest BCUT2D eigenvalue weighted by Gasteiger charge is 1.99. The van der Waals surface area contributed by atoms with E-state index in [1.165, 1.54) is 12.5 Å². The number of aryl methyl sites for hydroxylation is 1. The highest BCUT2D eigenvalue weighted by molar-refractivity contribution is 5.72. The van der Waals surface area contributed by atoms with Crippen LogP contribution in [0.1, 0.15) is 12.5 Å². The molecule has 0 heterocycles. The SMILES string of the molecule is CC(N)C(=O)O.Cc1ccccc1. The van der Waals surface area contributed by atoms with E-state index in [1.807, 2.05) is 18.2 Å². The maximum atomic E-state index is 9.57. The summed E-state index contributed by atoms with van der Waals surface area (Å²) >= 11 is 0. The number of rotatable bonds is 1. The molecule has 0 aliphatic carbocycles. The number of benzene rings is 1. The van der Waals surface area contributed by atoms with Crippen molar-refractivity contribution in [1.29, 1.82) is 0 Å². The molecular formula is C10H15NO2. The quantitative estimate of drug-likeness (QED) is 0.688. The Labute approximate surface area is 78.2 Å². The maximum Gasteiger partial charge on any atom is 0.320 e. The Bertz CT molecular complexity index is 244. The zero-order chi connectivity index (χ0) is 10.3. The molecule has 1 atom stereocenters. The lowest BCUT2D eigenvalue weighted by Gasteiger charge is -1.90. The van der Waals surface area contributed by atoms with Gasteiger partial charge in [-0.2, -0.15) is 0 Å². The van der Waals surface area contributed by atoms with Crippen LogP contribution in [0.25, 0.3) is 0 Å². The molecule has 3 nitrogen and oxygen atoms in total. The summed E-state index contributed by atoms with van der Waals surface area (Å²) in [5.41, 5.74) is 6.16. The van der Waals surface area contributed by atoms with Gasteiger partial charge in [0.25, 0.3) is 0 Å². The second kappa shape index (κ2) is 6.20. The normalized spacial score (nSPS) is 11.0. The van der Waals surface area contributed by atoms with E-state index in [2.05, 4.69) is 19.1 Å². The predicted molar refractivity (Wildman–Crippen MR) is 52.5 cm³/mol. The smallest absolute Gasteiger partial charge is 0.320 e. The Kier molecular flexibility index (Phi) is 5.55. The molecule has 1 aromatic carbocycles. The van der Waals surface area contributed by atoms with Crippen molar-refractivity contribution in [2.75, 3.05) is 0 Å². The lowest BCUT2D eigenvalue weighted by atomic mass is 10.2. The number of hydrogen-bond acceptors (Lipinski definition) is 2. The highest BCUT2D eigenvalue weighted by Crippen LogP contribution is 1.92. The van der Waals surface area contributed by atoms with Gasteiger partial charge in [-0.05, 0) is 13.8 Å². The van der Waals surface area contributed by atoms with Gasteiger partial charge in [0.15, 0.2) is 0 Å². The van der Waals surface area contributed by atoms with Crippen molar-refractivity contribution in [3.8, 4) is 0 Å². The molecule has 0 aliphatic heterocycles. The van der Waals surface area contributed by atoms with Crippen LogP contribution in [0, 0.1) is 6.92 Å². The fourth-order valence-corrected chi connectivity index (χ4v) is 0.534. The minimum Gasteiger partial charge on any atom is -0.480 e. The Morgan fingerprint density at radius 1 is 1.38 bits per heavy atom. The molecule has 72 valence electrons. The summed E-state index contributed by atoms with van der Waals surface area (Å²) < 4.78 is 0. The molecular weight excluding hydrogens is 166 g/mol. The Morgan fingerprint density at radius 3 is 1.92 bits per heavy atom. The first-order valence-corrected chi connectivity index (χ1v) is 4.04. The molecule has 0 saturated heterocycles. The van der Waals surface area contributed by atoms with E-state index in [9.17, 15) is 4.79 Å². The summed E-state index contributed by atoms with van der Waals surface area (Å²) in [6, 6.07) is 9.53. The van der Waals surface area contributed by atoms with Gasteiger partial charge in [0.1, 0.15) is 6.04 Å². The fourth-order valence-electron chi connectivity index (χ4n) is 0.534. The van der Waals surface area contributed by atoms with Gasteiger partial charge in [0.2, 0.25) is 0 Å². The van der Waals surface area contributed by atoms with Crippen LogP contribution >= 0.6 is 0 Å². The van der Waals surface area contributed by atoms with Crippen molar-refractivity contribution in [1.82, 2.24) is 0 Å². The molecule has 1 unspecified atom stereocenters. The minimum absolute atomic E-state index is 0.731. The molecule has 3 N–H and O–H groups in total. The minimum atomic E-state index is -0.963. The van der Waals surface area contributed by atoms with Gasteiger partial charge in [-0.1, -0.05) is 35.9 Å². The van der Waals surface area contributed by atoms with Crippen LogP contribution in [-0.4, -0.2) is 17.1 Å². The molecule has 3 heteroatoms. The fraction of sp³-hybridized carbons (Fsp3) is 0.300. The van der Waals surface area contributed by atoms with Crippen molar-refractivity contribution in [2.24, 2.45) is 5.73 Å². The summed E-state index contributed by atoms with van der Waals surface area (Å²) in [6.45, 7) is 3.50. The van der Waals surface area contributed by atoms with Gasteiger partial charge in [0.05, 0.1) is 0 Å². The van der Waals surface area contributed by atoms with Crippen LogP contribution in [0.5, 0.6) is 0 Å². The van der Waals surface area contributed by atoms with E-state index in [1.54, 1.807) is 0 Å². The first-order chi connectivity index (χ1) is 6.04. The molecule has 0 aromatic heterocycles. The summed E-state index contributed by atoms with van der Waals surface area (Å²) in [4.78, 5) is 9.57. The third-order valence-electron chi connectivity index (χ3n) is 1.33. The lowest BCUT2D eigenvalue weighted by Crippen LogP contribution is -2.25. The van der Waals surface area contributed by atoms with Crippen molar-refractivity contribution < 1.29 is 9.90 Å². The summed E-state index contributed by atoms with van der Waals surface area (Å²) in [5.74, 6) is -0.963. The first kappa shape index (κ1) is 11.6. The van der Waals surface area contributed by atoms with Gasteiger partial charge in [0, 0.05) is 0 Å². The van der Waals surface area contributed by atoms with Gasteiger partial charge >= 0.3 is 5.97 Å². The van der Waals surface area contributed by atoms with Crippen LogP contribution in [0.15, 0.2) is 30.3 Å². The molecule has 0 radical (unpaired) electrons. The monoisotopic (exact) mass is 181 g/mol. The Balaban J connectivity index is 0.000000226. The molecule has 0 fully saturated rings. The third-order valence-corrected chi connectivity index (χ3v) is 1.33. The van der Waals surface area contributed by atoms with Crippen LogP contribution in [0.4, 0.5) is 0 Å². The van der Waals surface area contributed by atoms with Gasteiger partial charge < -0.3 is 10.8 Å². The maximum absolute atomic E-state index is 9.57. The average molecular weight is 181 g/mol. The molecule has 0 saturated carbocycles. The number of carbonyl (C=O) groups is 1. The summed E-state index contributed by atoms with van der Waals surface area (Å²) in [7, 11) is 0. The largest absolute Gasteiger partial charge is 0.480 e. The van der Waals surface area contributed by atoms with Gasteiger partial charge in [-0.15, -0.1) is 0 Å². The van der Waals surface area contributed by atoms with Crippen molar-refractivity contribution in [3.63, 3.8) is 0 Å². The van der Waals surface area contributed by atoms with E-state index in [4.69, 9.17) is 10.8 Å². The predicted octanol–water partition coefficient (Wildman–Crippen LogP) is 1.41. The van der Waals surface area contributed by atoms with Crippen LogP contribution in [0.3, 0.4) is 0 Å². The van der Waals surface area contributed by atoms with E-state index in [0.29, 0.717) is 0 Å². The van der Waals surface area contributed by atoms with Crippen LogP contribution in [-0.2, 0) is 4.79 Å². The molecule has 0 aliphatic rings. The number of carboxylic acids is 1. The number of carboxylic acid groups (broad SMARTS) is 1. The molecule has 1 aromatic rings. The Hall–Kier alpha value is -1.35. The molecule has 0 amide bonds. The standard InChI is InChI=1S/C7H8.C3H7NO2/c1-7-5-3-2-4-6-7;1-2(4)3(5)6/h2-6H,1H3;2H,4H2,1H3,(H,5,6). The van der Waals surface area contributed by atoms with E-state index >= 15 is 0 Å². The number of nitrogens with two attached hydrogens (primary N) is 1. The van der Waals surface area contributed by atoms with Crippen molar-refractivity contribution in [3.05, 3.63) is 35.9 Å². The molecule has 0 bridgehead atoms. The highest BCUT2D eigenvalue weighted by atomic mass is 16.4. The average Bonchev–Trinajstić information content (AvgIpc) is 2.06. The van der Waals surface area contributed by atoms with E-state index < -0.39 is 12.0 Å². The molecule has 1 rings (SSSR count). The van der Waals surface area contributed by atoms with E-state index in [0.717, 1.165) is 0 Å². The first-order valence-electron chi connectivity index (χ1n) is 4.04. The molecule has 0 spiro atoms. The van der Waals surface area contributed by atoms with E-state index in [-0.39, 0.29) is 0 Å². The topological polar surface area (TPSA) is 63.3 Å². The number of aliphatic carboxylic acids is 1. The summed E-state index contributed by atoms with van der Waals surface area (Å²) in [6.07, 6.45) is 0. The second-order valence-electron chi connectivity index (χ2n) is 2.78. The second-order valence-corrected chi connectivity index (χ2v) is 2.78. The third kappa shape index (κ3) is 7.03. The van der Waals surface area contributed by atoms with Crippen LogP contribution in [0.2, 0.25) is 0 Å². The van der Waals surface area contributed by atoms with Crippen molar-refractivity contribution in [2.45, 2.75) is 19.9 Å². The zero-order valence-corrected chi connectivity index (χ0v) is 7.90.